The first kappa shape index (κ1) is 23.0. The SMILES string of the molecule is CCc1c(F)c(CC)c(CC(C)(C)C)c(OC(C)(C)C)c1CC(C)(C)C. The van der Waals surface area contributed by atoms with E-state index in [0.717, 1.165) is 40.8 Å². The molecule has 0 unspecified atom stereocenters. The predicted molar refractivity (Wildman–Crippen MR) is 112 cm³/mol. The third-order valence-corrected chi connectivity index (χ3v) is 4.34. The van der Waals surface area contributed by atoms with E-state index in [-0.39, 0.29) is 22.2 Å². The third-order valence-electron chi connectivity index (χ3n) is 4.34. The molecule has 1 nitrogen and oxygen atoms in total. The van der Waals surface area contributed by atoms with E-state index < -0.39 is 0 Å². The average Bonchev–Trinajstić information content (AvgIpc) is 2.39. The molecule has 0 aliphatic rings. The van der Waals surface area contributed by atoms with Crippen LogP contribution in [-0.2, 0) is 25.7 Å². The minimum atomic E-state index is -0.312. The van der Waals surface area contributed by atoms with Crippen molar-refractivity contribution in [2.24, 2.45) is 10.8 Å². The van der Waals surface area contributed by atoms with Crippen LogP contribution < -0.4 is 4.74 Å². The summed E-state index contributed by atoms with van der Waals surface area (Å²) in [7, 11) is 0. The molecule has 0 heterocycles. The second-order valence-electron chi connectivity index (χ2n) is 11.0. The van der Waals surface area contributed by atoms with Crippen LogP contribution in [0.2, 0.25) is 0 Å². The zero-order valence-electron chi connectivity index (χ0n) is 19.1. The van der Waals surface area contributed by atoms with Crippen LogP contribution in [0.5, 0.6) is 5.75 Å². The van der Waals surface area contributed by atoms with Crippen molar-refractivity contribution in [3.8, 4) is 5.75 Å². The molecule has 0 atom stereocenters. The second-order valence-corrected chi connectivity index (χ2v) is 11.0. The van der Waals surface area contributed by atoms with Crippen LogP contribution in [0.1, 0.15) is 98.4 Å². The van der Waals surface area contributed by atoms with Crippen molar-refractivity contribution in [2.45, 2.75) is 107 Å². The number of hydrogen-bond donors (Lipinski definition) is 0. The monoisotopic (exact) mass is 364 g/mol. The van der Waals surface area contributed by atoms with Gasteiger partial charge in [-0.15, -0.1) is 0 Å². The Labute approximate surface area is 161 Å². The highest BCUT2D eigenvalue weighted by Crippen LogP contribution is 2.42. The molecule has 26 heavy (non-hydrogen) atoms. The molecule has 0 saturated carbocycles. The molecule has 0 fully saturated rings. The van der Waals surface area contributed by atoms with Gasteiger partial charge in [-0.3, -0.25) is 0 Å². The Bertz CT molecular complexity index is 577. The Hall–Kier alpha value is -1.05. The highest BCUT2D eigenvalue weighted by molar-refractivity contribution is 5.53. The van der Waals surface area contributed by atoms with Crippen molar-refractivity contribution in [2.75, 3.05) is 0 Å². The number of halogens is 1. The van der Waals surface area contributed by atoms with Gasteiger partial charge in [0, 0.05) is 11.1 Å². The molecule has 0 aliphatic heterocycles. The van der Waals surface area contributed by atoms with Crippen LogP contribution >= 0.6 is 0 Å². The smallest absolute Gasteiger partial charge is 0.130 e. The minimum absolute atomic E-state index is 0.00485. The molecular weight excluding hydrogens is 323 g/mol. The fraction of sp³-hybridized carbons (Fsp3) is 0.750. The van der Waals surface area contributed by atoms with Crippen molar-refractivity contribution in [1.82, 2.24) is 0 Å². The fourth-order valence-electron chi connectivity index (χ4n) is 3.50. The van der Waals surface area contributed by atoms with E-state index in [2.05, 4.69) is 62.3 Å². The van der Waals surface area contributed by atoms with Crippen LogP contribution in [-0.4, -0.2) is 5.60 Å². The first-order valence-electron chi connectivity index (χ1n) is 10.1. The van der Waals surface area contributed by atoms with E-state index in [4.69, 9.17) is 4.74 Å². The van der Waals surface area contributed by atoms with Crippen LogP contribution in [0.15, 0.2) is 0 Å². The molecule has 0 aliphatic carbocycles. The summed E-state index contributed by atoms with van der Waals surface area (Å²) in [5.41, 5.74) is 3.65. The van der Waals surface area contributed by atoms with Gasteiger partial charge in [0.1, 0.15) is 17.2 Å². The van der Waals surface area contributed by atoms with E-state index in [1.54, 1.807) is 0 Å². The highest BCUT2D eigenvalue weighted by Gasteiger charge is 2.30. The van der Waals surface area contributed by atoms with Crippen molar-refractivity contribution in [1.29, 1.82) is 0 Å². The average molecular weight is 365 g/mol. The normalized spacial score (nSPS) is 13.2. The van der Waals surface area contributed by atoms with Gasteiger partial charge < -0.3 is 4.74 Å². The van der Waals surface area contributed by atoms with Gasteiger partial charge in [-0.1, -0.05) is 55.4 Å². The van der Waals surface area contributed by atoms with E-state index in [9.17, 15) is 0 Å². The van der Waals surface area contributed by atoms with Gasteiger partial charge >= 0.3 is 0 Å². The summed E-state index contributed by atoms with van der Waals surface area (Å²) in [5, 5.41) is 0. The van der Waals surface area contributed by atoms with Crippen LogP contribution in [0, 0.1) is 16.6 Å². The Morgan fingerprint density at radius 3 is 1.23 bits per heavy atom. The van der Waals surface area contributed by atoms with Gasteiger partial charge in [0.05, 0.1) is 0 Å². The maximum Gasteiger partial charge on any atom is 0.130 e. The summed E-state index contributed by atoms with van der Waals surface area (Å²) in [6.45, 7) is 23.6. The number of benzene rings is 1. The van der Waals surface area contributed by atoms with Gasteiger partial charge in [-0.25, -0.2) is 4.39 Å². The molecule has 1 rings (SSSR count). The van der Waals surface area contributed by atoms with Crippen molar-refractivity contribution in [3.63, 3.8) is 0 Å². The van der Waals surface area contributed by atoms with E-state index in [0.29, 0.717) is 12.8 Å². The largest absolute Gasteiger partial charge is 0.488 e. The lowest BCUT2D eigenvalue weighted by atomic mass is 9.79. The van der Waals surface area contributed by atoms with Crippen LogP contribution in [0.4, 0.5) is 4.39 Å². The molecule has 150 valence electrons. The topological polar surface area (TPSA) is 9.23 Å². The first-order chi connectivity index (χ1) is 11.6. The zero-order chi connectivity index (χ0) is 20.5. The minimum Gasteiger partial charge on any atom is -0.488 e. The van der Waals surface area contributed by atoms with E-state index in [1.807, 2.05) is 13.8 Å². The van der Waals surface area contributed by atoms with Crippen LogP contribution in [0.25, 0.3) is 0 Å². The molecule has 1 aromatic carbocycles. The Morgan fingerprint density at radius 1 is 0.654 bits per heavy atom. The van der Waals surface area contributed by atoms with Gasteiger partial charge in [0.2, 0.25) is 0 Å². The Balaban J connectivity index is 3.88. The summed E-state index contributed by atoms with van der Waals surface area (Å²) in [6, 6.07) is 0. The lowest BCUT2D eigenvalue weighted by molar-refractivity contribution is 0.125. The maximum absolute atomic E-state index is 15.5. The summed E-state index contributed by atoms with van der Waals surface area (Å²) in [4.78, 5) is 0. The number of ether oxygens (including phenoxy) is 1. The number of hydrogen-bond acceptors (Lipinski definition) is 1. The second kappa shape index (κ2) is 7.90. The van der Waals surface area contributed by atoms with Crippen molar-refractivity contribution in [3.05, 3.63) is 28.1 Å². The molecule has 0 N–H and O–H groups in total. The third kappa shape index (κ3) is 6.28. The van der Waals surface area contributed by atoms with Crippen LogP contribution in [0.3, 0.4) is 0 Å². The predicted octanol–water partition coefficient (Wildman–Crippen LogP) is 7.31. The van der Waals surface area contributed by atoms with Gasteiger partial charge in [-0.05, 0) is 68.4 Å². The lowest BCUT2D eigenvalue weighted by Gasteiger charge is -2.33. The molecular formula is C24H41FO. The summed E-state index contributed by atoms with van der Waals surface area (Å²) >= 11 is 0. The summed E-state index contributed by atoms with van der Waals surface area (Å²) < 4.78 is 22.0. The fourth-order valence-corrected chi connectivity index (χ4v) is 3.50. The van der Waals surface area contributed by atoms with Gasteiger partial charge in [0.25, 0.3) is 0 Å². The quantitative estimate of drug-likeness (QED) is 0.532. The standard InChI is InChI=1S/C24H41FO/c1-12-16-18(14-22(3,4)5)21(26-24(9,10)11)19(15-23(6,7)8)17(13-2)20(16)25/h12-15H2,1-11H3. The molecule has 0 bridgehead atoms. The first-order valence-corrected chi connectivity index (χ1v) is 10.1. The van der Waals surface area contributed by atoms with E-state index in [1.165, 1.54) is 0 Å². The van der Waals surface area contributed by atoms with Crippen molar-refractivity contribution >= 4 is 0 Å². The lowest BCUT2D eigenvalue weighted by Crippen LogP contribution is -2.27. The van der Waals surface area contributed by atoms with E-state index >= 15 is 4.39 Å². The zero-order valence-corrected chi connectivity index (χ0v) is 19.1. The van der Waals surface area contributed by atoms with Gasteiger partial charge in [0.15, 0.2) is 0 Å². The van der Waals surface area contributed by atoms with Gasteiger partial charge in [-0.2, -0.15) is 0 Å². The molecule has 0 aromatic heterocycles. The van der Waals surface area contributed by atoms with Crippen molar-refractivity contribution < 1.29 is 9.13 Å². The summed E-state index contributed by atoms with van der Waals surface area (Å²) in [5.74, 6) is 0.937. The molecule has 1 aromatic rings. The molecule has 2 heteroatoms. The number of rotatable bonds is 5. The highest BCUT2D eigenvalue weighted by atomic mass is 19.1. The molecule has 0 amide bonds. The molecule has 0 radical (unpaired) electrons. The summed E-state index contributed by atoms with van der Waals surface area (Å²) in [6.07, 6.45) is 3.03. The Morgan fingerprint density at radius 2 is 1.00 bits per heavy atom. The Kier molecular flexibility index (Phi) is 6.99. The molecule has 0 spiro atoms. The molecule has 0 saturated heterocycles. The maximum atomic E-state index is 15.5.